The van der Waals surface area contributed by atoms with E-state index in [2.05, 4.69) is 42.7 Å². The molecular formula is C25H29N9O2. The Bertz CT molecular complexity index is 1420. The summed E-state index contributed by atoms with van der Waals surface area (Å²) in [5.41, 5.74) is 4.07. The molecule has 5 rings (SSSR count). The molecule has 0 saturated carbocycles. The number of hydrogen-bond acceptors (Lipinski definition) is 7. The van der Waals surface area contributed by atoms with E-state index in [1.165, 1.54) is 6.42 Å². The molecule has 186 valence electrons. The quantitative estimate of drug-likeness (QED) is 0.429. The van der Waals surface area contributed by atoms with Gasteiger partial charge in [-0.05, 0) is 57.0 Å². The van der Waals surface area contributed by atoms with Crippen LogP contribution >= 0.6 is 0 Å². The third kappa shape index (κ3) is 4.96. The Morgan fingerprint density at radius 2 is 1.97 bits per heavy atom. The lowest BCUT2D eigenvalue weighted by Crippen LogP contribution is -2.42. The first-order valence-corrected chi connectivity index (χ1v) is 12.0. The van der Waals surface area contributed by atoms with Gasteiger partial charge < -0.3 is 10.6 Å². The number of hydrogen-bond donors (Lipinski definition) is 2. The molecule has 11 nitrogen and oxygen atoms in total. The molecule has 36 heavy (non-hydrogen) atoms. The number of anilines is 2. The minimum atomic E-state index is -0.424. The maximum Gasteiger partial charge on any atom is 0.294 e. The molecule has 11 heteroatoms. The van der Waals surface area contributed by atoms with E-state index in [1.807, 2.05) is 25.4 Å². The van der Waals surface area contributed by atoms with Crippen LogP contribution in [0, 0.1) is 6.92 Å². The van der Waals surface area contributed by atoms with Crippen molar-refractivity contribution >= 4 is 28.8 Å². The molecule has 5 heterocycles. The fraction of sp³-hybridized carbons (Fsp3) is 0.360. The second kappa shape index (κ2) is 9.86. The fourth-order valence-corrected chi connectivity index (χ4v) is 4.48. The third-order valence-electron chi connectivity index (χ3n) is 6.56. The number of piperidine rings is 1. The Kier molecular flexibility index (Phi) is 6.47. The third-order valence-corrected chi connectivity index (χ3v) is 6.56. The minimum Gasteiger partial charge on any atom is -0.324 e. The lowest BCUT2D eigenvalue weighted by molar-refractivity contribution is -0.118. The summed E-state index contributed by atoms with van der Waals surface area (Å²) in [6, 6.07) is 5.85. The van der Waals surface area contributed by atoms with Crippen LogP contribution in [-0.2, 0) is 11.8 Å². The molecule has 0 radical (unpaired) electrons. The molecule has 1 aliphatic heterocycles. The van der Waals surface area contributed by atoms with Gasteiger partial charge in [0.05, 0.1) is 36.0 Å². The molecule has 1 atom stereocenters. The minimum absolute atomic E-state index is 0.0976. The number of fused-ring (bicyclic) bond motifs is 1. The van der Waals surface area contributed by atoms with E-state index in [9.17, 15) is 9.59 Å². The Hall–Kier alpha value is -4.12. The summed E-state index contributed by atoms with van der Waals surface area (Å²) >= 11 is 0. The molecule has 0 aromatic carbocycles. The van der Waals surface area contributed by atoms with Crippen molar-refractivity contribution in [3.05, 3.63) is 54.5 Å². The van der Waals surface area contributed by atoms with E-state index in [0.29, 0.717) is 35.3 Å². The van der Waals surface area contributed by atoms with Crippen molar-refractivity contribution in [3.63, 3.8) is 0 Å². The van der Waals surface area contributed by atoms with E-state index >= 15 is 0 Å². The Balaban J connectivity index is 1.29. The van der Waals surface area contributed by atoms with Crippen LogP contribution in [0.1, 0.15) is 42.5 Å². The molecule has 0 unspecified atom stereocenters. The summed E-state index contributed by atoms with van der Waals surface area (Å²) in [6.07, 6.45) is 10.5. The van der Waals surface area contributed by atoms with E-state index in [0.717, 1.165) is 30.5 Å². The van der Waals surface area contributed by atoms with Gasteiger partial charge in [0.1, 0.15) is 0 Å². The van der Waals surface area contributed by atoms with Gasteiger partial charge in [-0.25, -0.2) is 0 Å². The average Bonchev–Trinajstić information content (AvgIpc) is 3.48. The molecule has 4 aromatic rings. The molecular weight excluding hydrogens is 458 g/mol. The van der Waals surface area contributed by atoms with E-state index < -0.39 is 5.91 Å². The van der Waals surface area contributed by atoms with E-state index in [-0.39, 0.29) is 11.7 Å². The van der Waals surface area contributed by atoms with Gasteiger partial charge in [-0.1, -0.05) is 6.42 Å². The van der Waals surface area contributed by atoms with E-state index in [1.54, 1.807) is 40.7 Å². The van der Waals surface area contributed by atoms with Gasteiger partial charge >= 0.3 is 0 Å². The monoisotopic (exact) mass is 487 g/mol. The van der Waals surface area contributed by atoms with Crippen molar-refractivity contribution in [2.75, 3.05) is 23.7 Å². The summed E-state index contributed by atoms with van der Waals surface area (Å²) < 4.78 is 3.35. The lowest BCUT2D eigenvalue weighted by Gasteiger charge is -2.32. The number of carbonyl (C=O) groups excluding carboxylic acids is 2. The van der Waals surface area contributed by atoms with Gasteiger partial charge in [-0.3, -0.25) is 28.6 Å². The number of nitrogens with zero attached hydrogens (tertiary/aromatic N) is 7. The maximum absolute atomic E-state index is 13.1. The molecule has 2 amide bonds. The average molecular weight is 488 g/mol. The predicted octanol–water partition coefficient (Wildman–Crippen LogP) is 2.90. The summed E-state index contributed by atoms with van der Waals surface area (Å²) in [6.45, 7) is 5.21. The highest BCUT2D eigenvalue weighted by Crippen LogP contribution is 2.22. The standard InChI is InChI=1S/C25H29N9O2/c1-16-6-4-5-8-33(16)15-23(35)28-20-11-21(17(2)26-13-20)29-25(36)24-31-30-22-10-18(7-9-34(22)24)19-12-27-32(3)14-19/h7,9-14,16H,4-6,8,15H2,1-3H3,(H,28,35)(H,29,36)/t16-/m1/s1. The Morgan fingerprint density at radius 3 is 2.75 bits per heavy atom. The van der Waals surface area contributed by atoms with Crippen LogP contribution in [0.15, 0.2) is 43.0 Å². The first-order valence-electron chi connectivity index (χ1n) is 12.0. The highest BCUT2D eigenvalue weighted by molar-refractivity contribution is 6.03. The summed E-state index contributed by atoms with van der Waals surface area (Å²) in [5, 5.41) is 18.2. The maximum atomic E-state index is 13.1. The highest BCUT2D eigenvalue weighted by Gasteiger charge is 2.21. The number of aromatic nitrogens is 6. The number of carbonyl (C=O) groups is 2. The van der Waals surface area contributed by atoms with Gasteiger partial charge in [-0.2, -0.15) is 5.10 Å². The van der Waals surface area contributed by atoms with Crippen LogP contribution in [0.5, 0.6) is 0 Å². The van der Waals surface area contributed by atoms with Crippen LogP contribution in [0.3, 0.4) is 0 Å². The topological polar surface area (TPSA) is 122 Å². The zero-order valence-corrected chi connectivity index (χ0v) is 20.6. The second-order valence-electron chi connectivity index (χ2n) is 9.24. The molecule has 0 aliphatic carbocycles. The number of nitrogens with one attached hydrogen (secondary N) is 2. The van der Waals surface area contributed by atoms with Crippen LogP contribution in [-0.4, -0.2) is 65.2 Å². The molecule has 1 aliphatic rings. The largest absolute Gasteiger partial charge is 0.324 e. The number of aryl methyl sites for hydroxylation is 2. The number of amides is 2. The highest BCUT2D eigenvalue weighted by atomic mass is 16.2. The molecule has 0 bridgehead atoms. The molecule has 2 N–H and O–H groups in total. The van der Waals surface area contributed by atoms with Crippen molar-refractivity contribution in [1.29, 1.82) is 0 Å². The molecule has 1 saturated heterocycles. The Labute approximate surface area is 208 Å². The van der Waals surface area contributed by atoms with Gasteiger partial charge in [0.15, 0.2) is 5.65 Å². The van der Waals surface area contributed by atoms with Gasteiger partial charge in [0.2, 0.25) is 11.7 Å². The lowest BCUT2D eigenvalue weighted by atomic mass is 10.0. The second-order valence-corrected chi connectivity index (χ2v) is 9.24. The number of likely N-dealkylation sites (tertiary alicyclic amines) is 1. The van der Waals surface area contributed by atoms with Crippen LogP contribution < -0.4 is 10.6 Å². The van der Waals surface area contributed by atoms with Crippen molar-refractivity contribution < 1.29 is 9.59 Å². The fourth-order valence-electron chi connectivity index (χ4n) is 4.48. The van der Waals surface area contributed by atoms with Crippen molar-refractivity contribution in [1.82, 2.24) is 34.3 Å². The van der Waals surface area contributed by atoms with Crippen molar-refractivity contribution in [2.45, 2.75) is 39.2 Å². The zero-order valence-electron chi connectivity index (χ0n) is 20.6. The van der Waals surface area contributed by atoms with Crippen LogP contribution in [0.4, 0.5) is 11.4 Å². The smallest absolute Gasteiger partial charge is 0.294 e. The van der Waals surface area contributed by atoms with Crippen LogP contribution in [0.25, 0.3) is 16.8 Å². The summed E-state index contributed by atoms with van der Waals surface area (Å²) in [5.74, 6) is -0.373. The normalized spacial score (nSPS) is 16.2. The SMILES string of the molecule is Cc1ncc(NC(=O)CN2CCCC[C@H]2C)cc1NC(=O)c1nnc2cc(-c3cnn(C)c3)ccn12. The molecule has 1 fully saturated rings. The van der Waals surface area contributed by atoms with Crippen molar-refractivity contribution in [3.8, 4) is 11.1 Å². The first-order chi connectivity index (χ1) is 17.4. The molecule has 0 spiro atoms. The van der Waals surface area contributed by atoms with Crippen LogP contribution in [0.2, 0.25) is 0 Å². The first kappa shape index (κ1) is 23.6. The predicted molar refractivity (Wildman–Crippen MR) is 136 cm³/mol. The van der Waals surface area contributed by atoms with Gasteiger partial charge in [-0.15, -0.1) is 10.2 Å². The molecule has 4 aromatic heterocycles. The number of pyridine rings is 2. The zero-order chi connectivity index (χ0) is 25.2. The number of rotatable bonds is 6. The van der Waals surface area contributed by atoms with Gasteiger partial charge in [0, 0.05) is 31.0 Å². The van der Waals surface area contributed by atoms with Crippen molar-refractivity contribution in [2.24, 2.45) is 7.05 Å². The Morgan fingerprint density at radius 1 is 1.11 bits per heavy atom. The van der Waals surface area contributed by atoms with E-state index in [4.69, 9.17) is 0 Å². The summed E-state index contributed by atoms with van der Waals surface area (Å²) in [7, 11) is 1.86. The van der Waals surface area contributed by atoms with Gasteiger partial charge in [0.25, 0.3) is 5.91 Å². The summed E-state index contributed by atoms with van der Waals surface area (Å²) in [4.78, 5) is 32.2.